The van der Waals surface area contributed by atoms with Gasteiger partial charge in [-0.25, -0.2) is 0 Å². The third-order valence-corrected chi connectivity index (χ3v) is 4.92. The van der Waals surface area contributed by atoms with Crippen molar-refractivity contribution in [2.45, 2.75) is 65.0 Å². The molecule has 1 aromatic carbocycles. The maximum absolute atomic E-state index is 5.95. The second kappa shape index (κ2) is 6.28. The van der Waals surface area contributed by atoms with E-state index >= 15 is 0 Å². The van der Waals surface area contributed by atoms with Crippen LogP contribution in [-0.4, -0.2) is 19.3 Å². The van der Waals surface area contributed by atoms with Gasteiger partial charge in [-0.05, 0) is 75.3 Å². The molecule has 0 aromatic heterocycles. The van der Waals surface area contributed by atoms with Crippen LogP contribution in [-0.2, 0) is 4.74 Å². The number of hydrogen-bond acceptors (Lipinski definition) is 2. The van der Waals surface area contributed by atoms with Gasteiger partial charge in [0.2, 0.25) is 0 Å². The summed E-state index contributed by atoms with van der Waals surface area (Å²) in [5.74, 6) is 0. The molecular weight excluding hydrogens is 246 g/mol. The van der Waals surface area contributed by atoms with Crippen LogP contribution in [0.2, 0.25) is 0 Å². The molecule has 2 rings (SSSR count). The Morgan fingerprint density at radius 3 is 2.30 bits per heavy atom. The third-order valence-electron chi connectivity index (χ3n) is 4.92. The first-order chi connectivity index (χ1) is 9.54. The van der Waals surface area contributed by atoms with Gasteiger partial charge in [0.1, 0.15) is 0 Å². The Hall–Kier alpha value is -0.860. The minimum Gasteiger partial charge on any atom is -0.376 e. The van der Waals surface area contributed by atoms with Crippen LogP contribution in [0.1, 0.15) is 60.9 Å². The van der Waals surface area contributed by atoms with E-state index in [2.05, 4.69) is 45.1 Å². The van der Waals surface area contributed by atoms with Crippen molar-refractivity contribution in [3.8, 4) is 0 Å². The molecule has 1 atom stereocenters. The molecule has 2 nitrogen and oxygen atoms in total. The van der Waals surface area contributed by atoms with Crippen LogP contribution < -0.4 is 5.32 Å². The van der Waals surface area contributed by atoms with Gasteiger partial charge >= 0.3 is 0 Å². The molecule has 1 aliphatic rings. The van der Waals surface area contributed by atoms with Gasteiger partial charge in [0.15, 0.2) is 0 Å². The van der Waals surface area contributed by atoms with Crippen molar-refractivity contribution >= 4 is 0 Å². The number of ether oxygens (including phenoxy) is 1. The molecule has 1 unspecified atom stereocenters. The van der Waals surface area contributed by atoms with Crippen molar-refractivity contribution in [3.63, 3.8) is 0 Å². The fourth-order valence-corrected chi connectivity index (χ4v) is 3.30. The summed E-state index contributed by atoms with van der Waals surface area (Å²) in [4.78, 5) is 0. The Bertz CT molecular complexity index is 457. The highest BCUT2D eigenvalue weighted by atomic mass is 16.5. The highest BCUT2D eigenvalue weighted by Crippen LogP contribution is 2.45. The van der Waals surface area contributed by atoms with E-state index in [0.29, 0.717) is 6.04 Å². The van der Waals surface area contributed by atoms with Crippen LogP contribution in [0.3, 0.4) is 0 Å². The number of methoxy groups -OCH3 is 1. The van der Waals surface area contributed by atoms with Gasteiger partial charge in [0.25, 0.3) is 0 Å². The van der Waals surface area contributed by atoms with Crippen molar-refractivity contribution in [2.24, 2.45) is 0 Å². The van der Waals surface area contributed by atoms with Crippen molar-refractivity contribution in [2.75, 3.05) is 13.7 Å². The largest absolute Gasteiger partial charge is 0.376 e. The molecule has 20 heavy (non-hydrogen) atoms. The lowest BCUT2D eigenvalue weighted by Gasteiger charge is -2.47. The van der Waals surface area contributed by atoms with E-state index in [1.807, 2.05) is 7.11 Å². The molecule has 0 heterocycles. The fraction of sp³-hybridized carbons (Fsp3) is 0.667. The maximum atomic E-state index is 5.95. The molecule has 0 bridgehead atoms. The first-order valence-electron chi connectivity index (χ1n) is 7.90. The van der Waals surface area contributed by atoms with E-state index in [9.17, 15) is 0 Å². The molecule has 0 aliphatic heterocycles. The molecule has 1 aromatic rings. The molecule has 0 spiro atoms. The van der Waals surface area contributed by atoms with Gasteiger partial charge in [-0.3, -0.25) is 0 Å². The molecule has 1 saturated carbocycles. The molecule has 1 N–H and O–H groups in total. The average Bonchev–Trinajstić information content (AvgIpc) is 2.37. The van der Waals surface area contributed by atoms with Crippen molar-refractivity contribution in [3.05, 3.63) is 34.4 Å². The monoisotopic (exact) mass is 275 g/mol. The lowest BCUT2D eigenvalue weighted by Crippen LogP contribution is -2.51. The first-order valence-corrected chi connectivity index (χ1v) is 7.90. The quantitative estimate of drug-likeness (QED) is 0.839. The van der Waals surface area contributed by atoms with E-state index in [0.717, 1.165) is 25.8 Å². The molecule has 2 heteroatoms. The second-order valence-corrected chi connectivity index (χ2v) is 6.30. The summed E-state index contributed by atoms with van der Waals surface area (Å²) in [5, 5.41) is 3.74. The Kier molecular flexibility index (Phi) is 4.87. The van der Waals surface area contributed by atoms with Crippen molar-refractivity contribution in [1.29, 1.82) is 0 Å². The summed E-state index contributed by atoms with van der Waals surface area (Å²) in [6.45, 7) is 9.88. The normalized spacial score (nSPS) is 18.6. The summed E-state index contributed by atoms with van der Waals surface area (Å²) < 4.78 is 5.95. The van der Waals surface area contributed by atoms with Gasteiger partial charge < -0.3 is 10.1 Å². The van der Waals surface area contributed by atoms with Crippen LogP contribution in [0, 0.1) is 20.8 Å². The molecule has 0 radical (unpaired) electrons. The Morgan fingerprint density at radius 2 is 1.80 bits per heavy atom. The summed E-state index contributed by atoms with van der Waals surface area (Å²) in [7, 11) is 1.87. The number of nitrogens with one attached hydrogen (secondary N) is 1. The van der Waals surface area contributed by atoms with E-state index in [4.69, 9.17) is 4.74 Å². The number of benzene rings is 1. The Balaban J connectivity index is 2.38. The Morgan fingerprint density at radius 1 is 1.15 bits per heavy atom. The van der Waals surface area contributed by atoms with Crippen LogP contribution in [0.15, 0.2) is 12.1 Å². The summed E-state index contributed by atoms with van der Waals surface area (Å²) in [5.41, 5.74) is 5.55. The van der Waals surface area contributed by atoms with E-state index in [-0.39, 0.29) is 5.60 Å². The number of aryl methyl sites for hydroxylation is 3. The SMILES string of the molecule is CCCNC(c1cc(C)c(C)cc1C)C1(OC)CCC1. The minimum atomic E-state index is 0.00162. The smallest absolute Gasteiger partial charge is 0.0872 e. The van der Waals surface area contributed by atoms with Gasteiger partial charge in [-0.15, -0.1) is 0 Å². The molecule has 112 valence electrons. The predicted octanol–water partition coefficient (Wildman–Crippen LogP) is 4.22. The first kappa shape index (κ1) is 15.5. The highest BCUT2D eigenvalue weighted by molar-refractivity contribution is 5.40. The van der Waals surface area contributed by atoms with Gasteiger partial charge in [0, 0.05) is 7.11 Å². The van der Waals surface area contributed by atoms with E-state index < -0.39 is 0 Å². The standard InChI is InChI=1S/C18H29NO/c1-6-10-19-17(18(20-5)8-7-9-18)16-12-14(3)13(2)11-15(16)4/h11-12,17,19H,6-10H2,1-5H3. The van der Waals surface area contributed by atoms with Gasteiger partial charge in [-0.1, -0.05) is 19.1 Å². The number of rotatable bonds is 6. The predicted molar refractivity (Wildman–Crippen MR) is 85.3 cm³/mol. The zero-order chi connectivity index (χ0) is 14.8. The van der Waals surface area contributed by atoms with E-state index in [1.54, 1.807) is 0 Å². The van der Waals surface area contributed by atoms with E-state index in [1.165, 1.54) is 28.7 Å². The lowest BCUT2D eigenvalue weighted by atomic mass is 9.71. The van der Waals surface area contributed by atoms with Crippen molar-refractivity contribution in [1.82, 2.24) is 5.32 Å². The topological polar surface area (TPSA) is 21.3 Å². The number of hydrogen-bond donors (Lipinski definition) is 1. The Labute approximate surface area is 123 Å². The third kappa shape index (κ3) is 2.77. The molecule has 1 fully saturated rings. The highest BCUT2D eigenvalue weighted by Gasteiger charge is 2.45. The maximum Gasteiger partial charge on any atom is 0.0872 e. The zero-order valence-corrected chi connectivity index (χ0v) is 13.7. The van der Waals surface area contributed by atoms with Gasteiger partial charge in [-0.2, -0.15) is 0 Å². The van der Waals surface area contributed by atoms with Gasteiger partial charge in [0.05, 0.1) is 11.6 Å². The fourth-order valence-electron chi connectivity index (χ4n) is 3.30. The van der Waals surface area contributed by atoms with Crippen molar-refractivity contribution < 1.29 is 4.74 Å². The van der Waals surface area contributed by atoms with Crippen LogP contribution in [0.25, 0.3) is 0 Å². The van der Waals surface area contributed by atoms with Crippen LogP contribution in [0.5, 0.6) is 0 Å². The summed E-state index contributed by atoms with van der Waals surface area (Å²) in [6, 6.07) is 4.99. The molecule has 1 aliphatic carbocycles. The second-order valence-electron chi connectivity index (χ2n) is 6.30. The molecule has 0 amide bonds. The molecule has 0 saturated heterocycles. The average molecular weight is 275 g/mol. The summed E-state index contributed by atoms with van der Waals surface area (Å²) >= 11 is 0. The van der Waals surface area contributed by atoms with Crippen LogP contribution in [0.4, 0.5) is 0 Å². The molecular formula is C18H29NO. The summed E-state index contributed by atoms with van der Waals surface area (Å²) in [6.07, 6.45) is 4.76. The zero-order valence-electron chi connectivity index (χ0n) is 13.7. The minimum absolute atomic E-state index is 0.00162. The lowest BCUT2D eigenvalue weighted by molar-refractivity contribution is -0.0998. The van der Waals surface area contributed by atoms with Crippen LogP contribution >= 0.6 is 0 Å².